The summed E-state index contributed by atoms with van der Waals surface area (Å²) in [4.78, 5) is 42.5. The number of nitrogens with zero attached hydrogens (tertiary/aromatic N) is 2. The quantitative estimate of drug-likeness (QED) is 0.247. The fourth-order valence-electron chi connectivity index (χ4n) is 2.79. The maximum Gasteiger partial charge on any atom is 0.408 e. The lowest BCUT2D eigenvalue weighted by molar-refractivity contribution is -0.123. The number of nitrogens with one attached hydrogen (secondary N) is 3. The number of amides is 3. The van der Waals surface area contributed by atoms with Gasteiger partial charge in [0.2, 0.25) is 0 Å². The smallest absolute Gasteiger partial charge is 0.408 e. The van der Waals surface area contributed by atoms with Crippen LogP contribution in [-0.4, -0.2) is 46.7 Å². The molecule has 34 heavy (non-hydrogen) atoms. The van der Waals surface area contributed by atoms with E-state index in [9.17, 15) is 14.4 Å². The number of nitrogens with two attached hydrogens (primary N) is 1. The molecule has 0 aliphatic carbocycles. The molecule has 3 amide bonds. The standard InChI is InChI=1S/C23H24N6O5/c24-21(30)14-33-19-8-6-16(7-9-19)11-27-29-22(31)20(10-18-12-25-15-26-18)28-23(32)34-13-17-4-2-1-3-5-17/h1-9,11-12,15,20H,10,13-14H2,(H2,24,30)(H,25,26)(H,28,32)(H,29,31)/b27-11-/t20-/m1/s1. The Morgan fingerprint density at radius 3 is 2.56 bits per heavy atom. The number of imidazole rings is 1. The highest BCUT2D eigenvalue weighted by Crippen LogP contribution is 2.10. The number of hydrogen-bond acceptors (Lipinski definition) is 7. The largest absolute Gasteiger partial charge is 0.484 e. The van der Waals surface area contributed by atoms with Crippen molar-refractivity contribution in [1.82, 2.24) is 20.7 Å². The highest BCUT2D eigenvalue weighted by molar-refractivity contribution is 5.87. The fourth-order valence-corrected chi connectivity index (χ4v) is 2.79. The summed E-state index contributed by atoms with van der Waals surface area (Å²) < 4.78 is 10.4. The van der Waals surface area contributed by atoms with E-state index in [2.05, 4.69) is 25.8 Å². The highest BCUT2D eigenvalue weighted by Gasteiger charge is 2.22. The molecule has 1 atom stereocenters. The second kappa shape index (κ2) is 12.4. The third-order valence-corrected chi connectivity index (χ3v) is 4.45. The first kappa shape index (κ1) is 24.0. The number of H-pyrrole nitrogens is 1. The maximum absolute atomic E-state index is 12.7. The lowest BCUT2D eigenvalue weighted by atomic mass is 10.1. The molecule has 3 aromatic rings. The minimum absolute atomic E-state index is 0.0718. The molecule has 1 heterocycles. The number of alkyl carbamates (subject to hydrolysis) is 1. The normalized spacial score (nSPS) is 11.5. The van der Waals surface area contributed by atoms with Crippen LogP contribution in [0.5, 0.6) is 5.75 Å². The van der Waals surface area contributed by atoms with Crippen LogP contribution >= 0.6 is 0 Å². The van der Waals surface area contributed by atoms with Crippen molar-refractivity contribution < 1.29 is 23.9 Å². The van der Waals surface area contributed by atoms with E-state index in [1.54, 1.807) is 30.5 Å². The molecule has 0 saturated carbocycles. The third kappa shape index (κ3) is 8.11. The molecular formula is C23H24N6O5. The summed E-state index contributed by atoms with van der Waals surface area (Å²) in [6.07, 6.45) is 3.89. The molecule has 176 valence electrons. The molecule has 11 nitrogen and oxygen atoms in total. The Bertz CT molecular complexity index is 1100. The first-order chi connectivity index (χ1) is 16.5. The van der Waals surface area contributed by atoms with Crippen LogP contribution in [0.4, 0.5) is 4.79 Å². The van der Waals surface area contributed by atoms with Crippen molar-refractivity contribution in [2.45, 2.75) is 19.1 Å². The number of carbonyl (C=O) groups excluding carboxylic acids is 3. The van der Waals surface area contributed by atoms with Gasteiger partial charge in [-0.05, 0) is 35.4 Å². The van der Waals surface area contributed by atoms with E-state index in [-0.39, 0.29) is 19.6 Å². The van der Waals surface area contributed by atoms with Gasteiger partial charge in [0.15, 0.2) is 6.61 Å². The van der Waals surface area contributed by atoms with E-state index in [1.165, 1.54) is 12.5 Å². The van der Waals surface area contributed by atoms with Gasteiger partial charge in [-0.25, -0.2) is 15.2 Å². The monoisotopic (exact) mass is 464 g/mol. The van der Waals surface area contributed by atoms with E-state index in [1.807, 2.05) is 30.3 Å². The van der Waals surface area contributed by atoms with E-state index < -0.39 is 23.9 Å². The number of benzene rings is 2. The van der Waals surface area contributed by atoms with Crippen LogP contribution in [0.3, 0.4) is 0 Å². The van der Waals surface area contributed by atoms with Crippen LogP contribution in [0.25, 0.3) is 0 Å². The van der Waals surface area contributed by atoms with Crippen molar-refractivity contribution in [3.8, 4) is 5.75 Å². The molecule has 0 aliphatic rings. The minimum Gasteiger partial charge on any atom is -0.484 e. The molecule has 11 heteroatoms. The predicted octanol–water partition coefficient (Wildman–Crippen LogP) is 1.26. The lowest BCUT2D eigenvalue weighted by Crippen LogP contribution is -2.47. The SMILES string of the molecule is NC(=O)COc1ccc(/C=N\NC(=O)[C@@H](Cc2cnc[nH]2)NC(=O)OCc2ccccc2)cc1. The van der Waals surface area contributed by atoms with Crippen LogP contribution in [0.2, 0.25) is 0 Å². The number of hydrogen-bond donors (Lipinski definition) is 4. The predicted molar refractivity (Wildman–Crippen MR) is 123 cm³/mol. The van der Waals surface area contributed by atoms with E-state index >= 15 is 0 Å². The van der Waals surface area contributed by atoms with Crippen molar-refractivity contribution in [1.29, 1.82) is 0 Å². The average molecular weight is 464 g/mol. The van der Waals surface area contributed by atoms with Gasteiger partial charge in [-0.1, -0.05) is 30.3 Å². The summed E-state index contributed by atoms with van der Waals surface area (Å²) in [6.45, 7) is -0.148. The van der Waals surface area contributed by atoms with Gasteiger partial charge >= 0.3 is 6.09 Å². The number of rotatable bonds is 11. The lowest BCUT2D eigenvalue weighted by Gasteiger charge is -2.16. The molecule has 0 saturated heterocycles. The van der Waals surface area contributed by atoms with Gasteiger partial charge in [0.05, 0.1) is 12.5 Å². The number of carbonyl (C=O) groups is 3. The van der Waals surface area contributed by atoms with E-state index in [4.69, 9.17) is 15.2 Å². The summed E-state index contributed by atoms with van der Waals surface area (Å²) in [5.41, 5.74) is 9.60. The van der Waals surface area contributed by atoms with Gasteiger partial charge < -0.3 is 25.5 Å². The zero-order valence-corrected chi connectivity index (χ0v) is 18.1. The van der Waals surface area contributed by atoms with Gasteiger partial charge in [-0.3, -0.25) is 9.59 Å². The molecule has 0 unspecified atom stereocenters. The molecule has 0 fully saturated rings. The van der Waals surface area contributed by atoms with Gasteiger partial charge in [0, 0.05) is 18.3 Å². The molecular weight excluding hydrogens is 440 g/mol. The fraction of sp³-hybridized carbons (Fsp3) is 0.174. The van der Waals surface area contributed by atoms with Gasteiger partial charge in [-0.15, -0.1) is 0 Å². The third-order valence-electron chi connectivity index (χ3n) is 4.45. The molecule has 0 aliphatic heterocycles. The Labute approximate surface area is 195 Å². The Hall–Kier alpha value is -4.67. The van der Waals surface area contributed by atoms with Crippen LogP contribution in [0, 0.1) is 0 Å². The second-order valence-electron chi connectivity index (χ2n) is 7.10. The Kier molecular flexibility index (Phi) is 8.74. The molecule has 0 bridgehead atoms. The van der Waals surface area contributed by atoms with Gasteiger partial charge in [0.25, 0.3) is 11.8 Å². The highest BCUT2D eigenvalue weighted by atomic mass is 16.5. The van der Waals surface area contributed by atoms with Gasteiger partial charge in [0.1, 0.15) is 18.4 Å². The Balaban J connectivity index is 1.55. The van der Waals surface area contributed by atoms with Crippen LogP contribution in [-0.2, 0) is 27.4 Å². The summed E-state index contributed by atoms with van der Waals surface area (Å²) in [5.74, 6) is -0.641. The minimum atomic E-state index is -0.953. The van der Waals surface area contributed by atoms with E-state index in [0.29, 0.717) is 17.0 Å². The molecule has 5 N–H and O–H groups in total. The van der Waals surface area contributed by atoms with E-state index in [0.717, 1.165) is 5.56 Å². The average Bonchev–Trinajstić information content (AvgIpc) is 3.35. The van der Waals surface area contributed by atoms with Crippen molar-refractivity contribution in [3.05, 3.63) is 83.9 Å². The Morgan fingerprint density at radius 1 is 1.12 bits per heavy atom. The molecule has 2 aromatic carbocycles. The van der Waals surface area contributed by atoms with Crippen LogP contribution in [0.1, 0.15) is 16.8 Å². The topological polar surface area (TPSA) is 161 Å². The number of aromatic nitrogens is 2. The molecule has 3 rings (SSSR count). The number of aromatic amines is 1. The molecule has 1 aromatic heterocycles. The number of hydrazone groups is 1. The molecule has 0 spiro atoms. The van der Waals surface area contributed by atoms with Crippen molar-refractivity contribution in [2.24, 2.45) is 10.8 Å². The van der Waals surface area contributed by atoms with Crippen LogP contribution in [0.15, 0.2) is 72.2 Å². The number of ether oxygens (including phenoxy) is 2. The first-order valence-electron chi connectivity index (χ1n) is 10.3. The van der Waals surface area contributed by atoms with Gasteiger partial charge in [-0.2, -0.15) is 5.10 Å². The zero-order valence-electron chi connectivity index (χ0n) is 18.1. The number of primary amides is 1. The van der Waals surface area contributed by atoms with Crippen molar-refractivity contribution in [2.75, 3.05) is 6.61 Å². The zero-order chi connectivity index (χ0) is 24.2. The second-order valence-corrected chi connectivity index (χ2v) is 7.10. The molecule has 0 radical (unpaired) electrons. The summed E-state index contributed by atoms with van der Waals surface area (Å²) in [6, 6.07) is 14.9. The van der Waals surface area contributed by atoms with Crippen molar-refractivity contribution in [3.63, 3.8) is 0 Å². The summed E-state index contributed by atoms with van der Waals surface area (Å²) in [7, 11) is 0. The van der Waals surface area contributed by atoms with Crippen molar-refractivity contribution >= 4 is 24.1 Å². The maximum atomic E-state index is 12.7. The first-order valence-corrected chi connectivity index (χ1v) is 10.3. The Morgan fingerprint density at radius 2 is 1.88 bits per heavy atom. The van der Waals surface area contributed by atoms with Crippen LogP contribution < -0.4 is 21.2 Å². The summed E-state index contributed by atoms with van der Waals surface area (Å²) >= 11 is 0. The summed E-state index contributed by atoms with van der Waals surface area (Å²) in [5, 5.41) is 6.49.